The summed E-state index contributed by atoms with van der Waals surface area (Å²) in [6.45, 7) is 4.23. The van der Waals surface area contributed by atoms with Crippen molar-refractivity contribution in [1.82, 2.24) is 5.32 Å². The average molecular weight is 666 g/mol. The lowest BCUT2D eigenvalue weighted by Crippen LogP contribution is -2.45. The molecule has 0 rings (SSSR count). The summed E-state index contributed by atoms with van der Waals surface area (Å²) in [7, 11) is 0. The number of carbonyl (C=O) groups excluding carboxylic acids is 1. The first-order chi connectivity index (χ1) is 23.2. The van der Waals surface area contributed by atoms with Crippen LogP contribution in [0.4, 0.5) is 0 Å². The zero-order chi connectivity index (χ0) is 34.3. The fourth-order valence-electron chi connectivity index (χ4n) is 7.01. The highest BCUT2D eigenvalue weighted by Gasteiger charge is 2.19. The van der Waals surface area contributed by atoms with Gasteiger partial charge in [-0.3, -0.25) is 4.79 Å². The van der Waals surface area contributed by atoms with Gasteiger partial charge in [0.05, 0.1) is 18.8 Å². The third-order valence-electron chi connectivity index (χ3n) is 10.4. The second kappa shape index (κ2) is 39.8. The number of aliphatic hydroxyl groups is 2. The number of carbonyl (C=O) groups is 1. The topological polar surface area (TPSA) is 69.6 Å². The van der Waals surface area contributed by atoms with E-state index in [2.05, 4.69) is 19.2 Å². The molecule has 47 heavy (non-hydrogen) atoms. The third kappa shape index (κ3) is 36.5. The Morgan fingerprint density at radius 1 is 0.426 bits per heavy atom. The first kappa shape index (κ1) is 46.4. The van der Waals surface area contributed by atoms with Gasteiger partial charge in [0.2, 0.25) is 5.91 Å². The number of hydrogen-bond acceptors (Lipinski definition) is 3. The van der Waals surface area contributed by atoms with Crippen LogP contribution in [0.25, 0.3) is 0 Å². The van der Waals surface area contributed by atoms with Crippen LogP contribution in [0.2, 0.25) is 0 Å². The zero-order valence-corrected chi connectivity index (χ0v) is 32.3. The van der Waals surface area contributed by atoms with Crippen molar-refractivity contribution in [3.05, 3.63) is 0 Å². The Kier molecular flexibility index (Phi) is 39.3. The first-order valence-electron chi connectivity index (χ1n) is 21.7. The van der Waals surface area contributed by atoms with Gasteiger partial charge in [-0.2, -0.15) is 0 Å². The molecule has 0 saturated heterocycles. The van der Waals surface area contributed by atoms with Crippen molar-refractivity contribution in [3.8, 4) is 0 Å². The molecule has 2 atom stereocenters. The third-order valence-corrected chi connectivity index (χ3v) is 10.4. The quantitative estimate of drug-likeness (QED) is 0.0570. The maximum atomic E-state index is 12.2. The minimum atomic E-state index is -0.649. The molecule has 0 fully saturated rings. The number of hydrogen-bond donors (Lipinski definition) is 3. The van der Waals surface area contributed by atoms with Crippen LogP contribution in [0.15, 0.2) is 0 Å². The van der Waals surface area contributed by atoms with E-state index in [0.717, 1.165) is 32.1 Å². The van der Waals surface area contributed by atoms with E-state index in [9.17, 15) is 15.0 Å². The molecule has 4 nitrogen and oxygen atoms in total. The van der Waals surface area contributed by atoms with Gasteiger partial charge in [-0.1, -0.05) is 232 Å². The van der Waals surface area contributed by atoms with Crippen molar-refractivity contribution in [2.75, 3.05) is 6.61 Å². The van der Waals surface area contributed by atoms with Crippen molar-refractivity contribution in [2.24, 2.45) is 0 Å². The normalized spacial score (nSPS) is 12.9. The van der Waals surface area contributed by atoms with E-state index in [1.54, 1.807) is 0 Å². The summed E-state index contributed by atoms with van der Waals surface area (Å²) in [5, 5.41) is 22.5. The summed E-state index contributed by atoms with van der Waals surface area (Å²) in [5.41, 5.74) is 0. The van der Waals surface area contributed by atoms with E-state index in [4.69, 9.17) is 0 Å². The summed E-state index contributed by atoms with van der Waals surface area (Å²) in [6, 6.07) is -0.525. The molecule has 0 aliphatic heterocycles. The van der Waals surface area contributed by atoms with E-state index in [1.165, 1.54) is 193 Å². The molecular formula is C43H87NO3. The first-order valence-corrected chi connectivity index (χ1v) is 21.7. The number of amides is 1. The Balaban J connectivity index is 3.23. The number of aliphatic hydroxyl groups excluding tert-OH is 2. The van der Waals surface area contributed by atoms with Gasteiger partial charge in [0, 0.05) is 6.42 Å². The van der Waals surface area contributed by atoms with Crippen LogP contribution in [0.5, 0.6) is 0 Å². The Bertz CT molecular complexity index is 598. The summed E-state index contributed by atoms with van der Waals surface area (Å²) in [6.07, 6.45) is 48.4. The zero-order valence-electron chi connectivity index (χ0n) is 32.3. The molecule has 282 valence electrons. The lowest BCUT2D eigenvalue weighted by atomic mass is 10.0. The lowest BCUT2D eigenvalue weighted by molar-refractivity contribution is -0.123. The van der Waals surface area contributed by atoms with E-state index < -0.39 is 12.1 Å². The molecular weight excluding hydrogens is 578 g/mol. The van der Waals surface area contributed by atoms with Crippen molar-refractivity contribution < 1.29 is 15.0 Å². The largest absolute Gasteiger partial charge is 0.394 e. The molecule has 0 aliphatic carbocycles. The molecule has 0 heterocycles. The van der Waals surface area contributed by atoms with Gasteiger partial charge < -0.3 is 15.5 Å². The molecule has 0 spiro atoms. The van der Waals surface area contributed by atoms with Crippen LogP contribution < -0.4 is 5.32 Å². The maximum Gasteiger partial charge on any atom is 0.220 e. The van der Waals surface area contributed by atoms with Crippen LogP contribution in [0.1, 0.15) is 251 Å². The number of rotatable bonds is 40. The van der Waals surface area contributed by atoms with Gasteiger partial charge in [0.1, 0.15) is 0 Å². The van der Waals surface area contributed by atoms with Crippen molar-refractivity contribution >= 4 is 5.91 Å². The van der Waals surface area contributed by atoms with Crippen LogP contribution in [0.3, 0.4) is 0 Å². The van der Waals surface area contributed by atoms with Crippen LogP contribution in [0, 0.1) is 0 Å². The second-order valence-electron chi connectivity index (χ2n) is 15.1. The van der Waals surface area contributed by atoms with Gasteiger partial charge in [-0.15, -0.1) is 0 Å². The molecule has 0 aliphatic rings. The Labute approximate surface area is 295 Å². The summed E-state index contributed by atoms with van der Waals surface area (Å²) < 4.78 is 0. The number of nitrogens with one attached hydrogen (secondary N) is 1. The molecule has 3 N–H and O–H groups in total. The fourth-order valence-corrected chi connectivity index (χ4v) is 7.01. The smallest absolute Gasteiger partial charge is 0.220 e. The molecule has 0 aromatic rings. The van der Waals surface area contributed by atoms with Crippen molar-refractivity contribution in [1.29, 1.82) is 0 Å². The van der Waals surface area contributed by atoms with Gasteiger partial charge >= 0.3 is 0 Å². The highest BCUT2D eigenvalue weighted by Crippen LogP contribution is 2.17. The Morgan fingerprint density at radius 3 is 0.957 bits per heavy atom. The Morgan fingerprint density at radius 2 is 0.681 bits per heavy atom. The van der Waals surface area contributed by atoms with E-state index in [1.807, 2.05) is 0 Å². The maximum absolute atomic E-state index is 12.2. The molecule has 0 saturated carbocycles. The molecule has 0 aromatic carbocycles. The van der Waals surface area contributed by atoms with Crippen LogP contribution in [-0.2, 0) is 4.79 Å². The monoisotopic (exact) mass is 666 g/mol. The van der Waals surface area contributed by atoms with E-state index >= 15 is 0 Å². The van der Waals surface area contributed by atoms with E-state index in [-0.39, 0.29) is 12.5 Å². The summed E-state index contributed by atoms with van der Waals surface area (Å²) in [4.78, 5) is 12.2. The van der Waals surface area contributed by atoms with Crippen molar-refractivity contribution in [3.63, 3.8) is 0 Å². The SMILES string of the molecule is CCCCCCCCCCCCCCCCCCCCCCCCCCCCCCCCCCC(=O)NC(CO)C(O)CCCCC. The molecule has 0 aromatic heterocycles. The predicted molar refractivity (Wildman–Crippen MR) is 207 cm³/mol. The highest BCUT2D eigenvalue weighted by molar-refractivity contribution is 5.76. The molecule has 0 bridgehead atoms. The van der Waals surface area contributed by atoms with Gasteiger partial charge in [-0.05, 0) is 12.8 Å². The molecule has 4 heteroatoms. The highest BCUT2D eigenvalue weighted by atomic mass is 16.3. The molecule has 2 unspecified atom stereocenters. The van der Waals surface area contributed by atoms with Gasteiger partial charge in [-0.25, -0.2) is 0 Å². The fraction of sp³-hybridized carbons (Fsp3) is 0.977. The van der Waals surface area contributed by atoms with Gasteiger partial charge in [0.15, 0.2) is 0 Å². The molecule has 0 radical (unpaired) electrons. The van der Waals surface area contributed by atoms with Crippen molar-refractivity contribution in [2.45, 2.75) is 264 Å². The predicted octanol–water partition coefficient (Wildman–Crippen LogP) is 13.3. The summed E-state index contributed by atoms with van der Waals surface area (Å²) in [5.74, 6) is -0.0378. The second-order valence-corrected chi connectivity index (χ2v) is 15.1. The minimum absolute atomic E-state index is 0.0378. The lowest BCUT2D eigenvalue weighted by Gasteiger charge is -2.22. The average Bonchev–Trinajstić information content (AvgIpc) is 3.07. The Hall–Kier alpha value is -0.610. The standard InChI is InChI=1S/C43H87NO3/c1-3-5-7-8-9-10-11-12-13-14-15-16-17-18-19-20-21-22-23-24-25-26-27-28-29-30-31-32-33-34-35-37-39-43(47)44-41(40-45)42(46)38-36-6-4-2/h41-42,45-46H,3-40H2,1-2H3,(H,44,47). The summed E-state index contributed by atoms with van der Waals surface area (Å²) >= 11 is 0. The van der Waals surface area contributed by atoms with Gasteiger partial charge in [0.25, 0.3) is 0 Å². The van der Waals surface area contributed by atoms with Crippen LogP contribution >= 0.6 is 0 Å². The molecule has 1 amide bonds. The van der Waals surface area contributed by atoms with Crippen LogP contribution in [-0.4, -0.2) is 34.9 Å². The minimum Gasteiger partial charge on any atom is -0.394 e. The number of unbranched alkanes of at least 4 members (excludes halogenated alkanes) is 33. The van der Waals surface area contributed by atoms with E-state index in [0.29, 0.717) is 12.8 Å².